The molecule has 2 aromatic carbocycles. The van der Waals surface area contributed by atoms with Crippen molar-refractivity contribution in [1.82, 2.24) is 19.9 Å². The number of aryl methyl sites for hydroxylation is 1. The smallest absolute Gasteiger partial charge is 0.407 e. The predicted molar refractivity (Wildman–Crippen MR) is 158 cm³/mol. The van der Waals surface area contributed by atoms with Gasteiger partial charge in [-0.25, -0.2) is 19.7 Å². The molecule has 1 fully saturated rings. The Morgan fingerprint density at radius 1 is 1.10 bits per heavy atom. The number of benzene rings is 2. The van der Waals surface area contributed by atoms with Gasteiger partial charge in [-0.3, -0.25) is 4.79 Å². The molecule has 3 heterocycles. The molecule has 1 aliphatic rings. The quantitative estimate of drug-likeness (QED) is 0.230. The molecule has 5 rings (SSSR count). The molecule has 0 radical (unpaired) electrons. The number of pyridine rings is 1. The van der Waals surface area contributed by atoms with E-state index in [0.29, 0.717) is 41.9 Å². The van der Waals surface area contributed by atoms with Gasteiger partial charge in [0, 0.05) is 53.9 Å². The molecule has 0 bridgehead atoms. The fourth-order valence-corrected chi connectivity index (χ4v) is 4.92. The lowest BCUT2D eigenvalue weighted by Gasteiger charge is -2.31. The van der Waals surface area contributed by atoms with Crippen molar-refractivity contribution in [1.29, 1.82) is 0 Å². The number of ether oxygens (including phenoxy) is 1. The first kappa shape index (κ1) is 27.8. The van der Waals surface area contributed by atoms with E-state index in [0.717, 1.165) is 41.3 Å². The second-order valence-electron chi connectivity index (χ2n) is 10.3. The molecular weight excluding hydrogens is 520 g/mol. The fraction of sp³-hybridized carbons (Fsp3) is 0.323. The molecule has 0 aliphatic carbocycles. The summed E-state index contributed by atoms with van der Waals surface area (Å²) in [6.07, 6.45) is 4.77. The Kier molecular flexibility index (Phi) is 8.28. The van der Waals surface area contributed by atoms with Gasteiger partial charge in [-0.1, -0.05) is 38.1 Å². The molecule has 212 valence electrons. The normalized spacial score (nSPS) is 15.8. The van der Waals surface area contributed by atoms with Gasteiger partial charge in [-0.2, -0.15) is 0 Å². The maximum Gasteiger partial charge on any atom is 0.407 e. The first-order valence-corrected chi connectivity index (χ1v) is 13.9. The van der Waals surface area contributed by atoms with Gasteiger partial charge in [0.15, 0.2) is 0 Å². The summed E-state index contributed by atoms with van der Waals surface area (Å²) in [4.78, 5) is 39.1. The molecule has 2 aromatic heterocycles. The van der Waals surface area contributed by atoms with Gasteiger partial charge in [-0.05, 0) is 56.0 Å². The predicted octanol–water partition coefficient (Wildman–Crippen LogP) is 6.33. The highest BCUT2D eigenvalue weighted by Crippen LogP contribution is 2.38. The molecule has 0 saturated carbocycles. The van der Waals surface area contributed by atoms with Crippen molar-refractivity contribution >= 4 is 34.4 Å². The molecular formula is C31H34N6O4. The van der Waals surface area contributed by atoms with Crippen LogP contribution in [0.4, 0.5) is 16.4 Å². The zero-order valence-electron chi connectivity index (χ0n) is 23.4. The summed E-state index contributed by atoms with van der Waals surface area (Å²) < 4.78 is 6.49. The van der Waals surface area contributed by atoms with Crippen LogP contribution in [0.1, 0.15) is 38.7 Å². The van der Waals surface area contributed by atoms with E-state index in [1.54, 1.807) is 18.5 Å². The van der Waals surface area contributed by atoms with Crippen LogP contribution in [0.15, 0.2) is 60.9 Å². The van der Waals surface area contributed by atoms with Crippen LogP contribution in [0.5, 0.6) is 11.6 Å². The van der Waals surface area contributed by atoms with Crippen molar-refractivity contribution in [2.24, 2.45) is 5.92 Å². The van der Waals surface area contributed by atoms with E-state index >= 15 is 0 Å². The average molecular weight is 555 g/mol. The standard InChI is InChI=1S/C31H34N6O4/c1-4-19(2)28(38)35-25-11-5-9-23-22(25)13-12-20(3)27(23)41-29-24(10-6-15-32-29)26-14-16-33-30(36-26)34-21-8-7-17-37(18-21)31(39)40/h5-6,9-16,19,21H,4,7-8,17-18H2,1-3H3,(H,35,38)(H,39,40)(H,33,34,36)/t19?,21-/m0/s1. The van der Waals surface area contributed by atoms with Crippen LogP contribution in [0.3, 0.4) is 0 Å². The fourth-order valence-electron chi connectivity index (χ4n) is 4.92. The van der Waals surface area contributed by atoms with Crippen LogP contribution in [0, 0.1) is 12.8 Å². The number of likely N-dealkylation sites (tertiary alicyclic amines) is 1. The van der Waals surface area contributed by atoms with Gasteiger partial charge in [0.25, 0.3) is 0 Å². The largest absolute Gasteiger partial charge is 0.465 e. The molecule has 1 saturated heterocycles. The maximum atomic E-state index is 12.6. The van der Waals surface area contributed by atoms with Crippen molar-refractivity contribution < 1.29 is 19.4 Å². The molecule has 4 aromatic rings. The number of hydrogen-bond acceptors (Lipinski definition) is 7. The van der Waals surface area contributed by atoms with Crippen LogP contribution in [-0.2, 0) is 4.79 Å². The molecule has 2 atom stereocenters. The Morgan fingerprint density at radius 2 is 1.95 bits per heavy atom. The number of hydrogen-bond donors (Lipinski definition) is 3. The maximum absolute atomic E-state index is 12.6. The number of anilines is 2. The number of aromatic nitrogens is 3. The summed E-state index contributed by atoms with van der Waals surface area (Å²) in [6, 6.07) is 15.1. The Labute approximate surface area is 238 Å². The van der Waals surface area contributed by atoms with Gasteiger partial charge < -0.3 is 25.4 Å². The lowest BCUT2D eigenvalue weighted by Crippen LogP contribution is -2.44. The third-order valence-corrected chi connectivity index (χ3v) is 7.45. The molecule has 41 heavy (non-hydrogen) atoms. The van der Waals surface area contributed by atoms with Crippen LogP contribution in [0.25, 0.3) is 22.0 Å². The van der Waals surface area contributed by atoms with Gasteiger partial charge in [0.05, 0.1) is 11.3 Å². The summed E-state index contributed by atoms with van der Waals surface area (Å²) in [6.45, 7) is 6.79. The highest BCUT2D eigenvalue weighted by Gasteiger charge is 2.24. The number of nitrogens with zero attached hydrogens (tertiary/aromatic N) is 4. The van der Waals surface area contributed by atoms with Crippen molar-refractivity contribution in [3.63, 3.8) is 0 Å². The third kappa shape index (κ3) is 6.21. The first-order chi connectivity index (χ1) is 19.8. The van der Waals surface area contributed by atoms with E-state index in [9.17, 15) is 14.7 Å². The van der Waals surface area contributed by atoms with E-state index in [1.165, 1.54) is 4.90 Å². The number of piperidine rings is 1. The van der Waals surface area contributed by atoms with Crippen LogP contribution in [-0.4, -0.2) is 56.1 Å². The highest BCUT2D eigenvalue weighted by atomic mass is 16.5. The average Bonchev–Trinajstić information content (AvgIpc) is 2.98. The first-order valence-electron chi connectivity index (χ1n) is 13.9. The molecule has 1 aliphatic heterocycles. The van der Waals surface area contributed by atoms with E-state index in [-0.39, 0.29) is 17.9 Å². The number of fused-ring (bicyclic) bond motifs is 1. The van der Waals surface area contributed by atoms with Gasteiger partial charge >= 0.3 is 6.09 Å². The van der Waals surface area contributed by atoms with Crippen molar-refractivity contribution in [3.8, 4) is 22.9 Å². The summed E-state index contributed by atoms with van der Waals surface area (Å²) in [5.41, 5.74) is 2.96. The number of carbonyl (C=O) groups is 2. The topological polar surface area (TPSA) is 130 Å². The van der Waals surface area contributed by atoms with Gasteiger partial charge in [0.2, 0.25) is 17.7 Å². The second kappa shape index (κ2) is 12.2. The molecule has 3 N–H and O–H groups in total. The Hall–Kier alpha value is -4.73. The summed E-state index contributed by atoms with van der Waals surface area (Å²) in [5.74, 6) is 1.33. The summed E-state index contributed by atoms with van der Waals surface area (Å²) in [5, 5.41) is 17.4. The van der Waals surface area contributed by atoms with Gasteiger partial charge in [0.1, 0.15) is 5.75 Å². The van der Waals surface area contributed by atoms with Crippen LogP contribution in [0.2, 0.25) is 0 Å². The number of carboxylic acid groups (broad SMARTS) is 1. The number of nitrogens with one attached hydrogen (secondary N) is 2. The molecule has 1 unspecified atom stereocenters. The van der Waals surface area contributed by atoms with E-state index in [2.05, 4.69) is 20.6 Å². The minimum atomic E-state index is -0.919. The lowest BCUT2D eigenvalue weighted by atomic mass is 10.0. The number of amides is 2. The lowest BCUT2D eigenvalue weighted by molar-refractivity contribution is -0.119. The number of rotatable bonds is 8. The number of carbonyl (C=O) groups excluding carboxylic acids is 1. The highest BCUT2D eigenvalue weighted by molar-refractivity contribution is 6.05. The van der Waals surface area contributed by atoms with Crippen molar-refractivity contribution in [3.05, 3.63) is 66.5 Å². The van der Waals surface area contributed by atoms with Crippen LogP contribution >= 0.6 is 0 Å². The molecule has 0 spiro atoms. The Balaban J connectivity index is 1.44. The van der Waals surface area contributed by atoms with Gasteiger partial charge in [-0.15, -0.1) is 0 Å². The summed E-state index contributed by atoms with van der Waals surface area (Å²) >= 11 is 0. The van der Waals surface area contributed by atoms with E-state index in [1.807, 2.05) is 63.2 Å². The molecule has 10 heteroatoms. The van der Waals surface area contributed by atoms with Crippen molar-refractivity contribution in [2.75, 3.05) is 23.7 Å². The Morgan fingerprint density at radius 3 is 2.76 bits per heavy atom. The minimum Gasteiger partial charge on any atom is -0.465 e. The molecule has 2 amide bonds. The zero-order chi connectivity index (χ0) is 28.9. The second-order valence-corrected chi connectivity index (χ2v) is 10.3. The Bertz CT molecular complexity index is 1580. The SMILES string of the molecule is CCC(C)C(=O)Nc1cccc2c(Oc3ncccc3-c3ccnc(N[C@H]4CCCN(C(=O)O)C4)n3)c(C)ccc12. The monoisotopic (exact) mass is 554 g/mol. The third-order valence-electron chi connectivity index (χ3n) is 7.45. The summed E-state index contributed by atoms with van der Waals surface area (Å²) in [7, 11) is 0. The van der Waals surface area contributed by atoms with E-state index in [4.69, 9.17) is 9.72 Å². The van der Waals surface area contributed by atoms with Crippen LogP contribution < -0.4 is 15.4 Å². The van der Waals surface area contributed by atoms with Crippen molar-refractivity contribution in [2.45, 2.75) is 46.1 Å². The minimum absolute atomic E-state index is 0.0212. The van der Waals surface area contributed by atoms with E-state index < -0.39 is 6.09 Å². The zero-order valence-corrected chi connectivity index (χ0v) is 23.4. The molecule has 10 nitrogen and oxygen atoms in total.